The summed E-state index contributed by atoms with van der Waals surface area (Å²) in [7, 11) is 1.62. The predicted octanol–water partition coefficient (Wildman–Crippen LogP) is 5.01. The van der Waals surface area contributed by atoms with Gasteiger partial charge in [-0.15, -0.1) is 0 Å². The number of nitrogens with zero attached hydrogens (tertiary/aromatic N) is 1. The van der Waals surface area contributed by atoms with Crippen LogP contribution in [0.4, 0.5) is 5.69 Å². The molecule has 0 saturated heterocycles. The predicted molar refractivity (Wildman–Crippen MR) is 128 cm³/mol. The van der Waals surface area contributed by atoms with E-state index < -0.39 is 5.60 Å². The fourth-order valence-corrected chi connectivity index (χ4v) is 4.95. The van der Waals surface area contributed by atoms with Crippen LogP contribution in [0.1, 0.15) is 55.1 Å². The molecule has 3 aromatic rings. The molecule has 2 aliphatic rings. The van der Waals surface area contributed by atoms with Gasteiger partial charge in [-0.05, 0) is 49.9 Å². The van der Waals surface area contributed by atoms with Gasteiger partial charge in [-0.25, -0.2) is 0 Å². The van der Waals surface area contributed by atoms with Crippen molar-refractivity contribution in [1.29, 1.82) is 0 Å². The van der Waals surface area contributed by atoms with E-state index in [4.69, 9.17) is 9.47 Å². The standard InChI is InChI=1S/C27H28N2O4/c1-27(2)16-21(19-13-12-18(32-3)15-23(19)33-27)28-24(30)11-6-14-29-22-10-5-8-17-7-4-9-20(25(17)22)26(29)31/h4-5,7-10,12-13,15,21H,6,11,14,16H2,1-3H3,(H,28,30). The minimum atomic E-state index is -0.399. The Bertz CT molecular complexity index is 1240. The molecule has 0 aromatic heterocycles. The lowest BCUT2D eigenvalue weighted by molar-refractivity contribution is -0.122. The Morgan fingerprint density at radius 1 is 1.18 bits per heavy atom. The zero-order valence-electron chi connectivity index (χ0n) is 19.2. The fourth-order valence-electron chi connectivity index (χ4n) is 4.95. The molecule has 0 spiro atoms. The minimum absolute atomic E-state index is 0.0104. The second kappa shape index (κ2) is 8.10. The Morgan fingerprint density at radius 3 is 2.76 bits per heavy atom. The molecule has 33 heavy (non-hydrogen) atoms. The molecular formula is C27H28N2O4. The summed E-state index contributed by atoms with van der Waals surface area (Å²) in [6.45, 7) is 4.55. The molecule has 2 amide bonds. The molecule has 0 bridgehead atoms. The molecule has 1 unspecified atom stereocenters. The zero-order valence-corrected chi connectivity index (χ0v) is 19.2. The summed E-state index contributed by atoms with van der Waals surface area (Å²) in [5.74, 6) is 1.45. The van der Waals surface area contributed by atoms with Crippen molar-refractivity contribution in [3.63, 3.8) is 0 Å². The highest BCUT2D eigenvalue weighted by atomic mass is 16.5. The molecule has 5 rings (SSSR count). The van der Waals surface area contributed by atoms with Crippen molar-refractivity contribution in [3.05, 3.63) is 65.7 Å². The summed E-state index contributed by atoms with van der Waals surface area (Å²) < 4.78 is 11.4. The number of fused-ring (bicyclic) bond motifs is 1. The molecule has 170 valence electrons. The Hall–Kier alpha value is -3.54. The van der Waals surface area contributed by atoms with E-state index in [9.17, 15) is 9.59 Å². The lowest BCUT2D eigenvalue weighted by Gasteiger charge is -2.38. The van der Waals surface area contributed by atoms with Crippen LogP contribution in [0.2, 0.25) is 0 Å². The van der Waals surface area contributed by atoms with Gasteiger partial charge in [0, 0.05) is 42.0 Å². The van der Waals surface area contributed by atoms with Crippen LogP contribution in [0.15, 0.2) is 54.6 Å². The van der Waals surface area contributed by atoms with Gasteiger partial charge < -0.3 is 19.7 Å². The highest BCUT2D eigenvalue weighted by Gasteiger charge is 2.35. The molecule has 0 saturated carbocycles. The van der Waals surface area contributed by atoms with Crippen LogP contribution in [-0.2, 0) is 4.79 Å². The topological polar surface area (TPSA) is 67.9 Å². The van der Waals surface area contributed by atoms with Crippen molar-refractivity contribution in [2.45, 2.75) is 44.8 Å². The molecule has 6 nitrogen and oxygen atoms in total. The van der Waals surface area contributed by atoms with Crippen molar-refractivity contribution in [2.24, 2.45) is 0 Å². The third-order valence-corrected chi connectivity index (χ3v) is 6.45. The van der Waals surface area contributed by atoms with E-state index in [0.717, 1.165) is 39.1 Å². The maximum Gasteiger partial charge on any atom is 0.258 e. The second-order valence-electron chi connectivity index (χ2n) is 9.33. The van der Waals surface area contributed by atoms with Crippen LogP contribution in [0.25, 0.3) is 10.8 Å². The Morgan fingerprint density at radius 2 is 1.97 bits per heavy atom. The van der Waals surface area contributed by atoms with Gasteiger partial charge >= 0.3 is 0 Å². The molecule has 3 aromatic carbocycles. The minimum Gasteiger partial charge on any atom is -0.497 e. The number of hydrogen-bond acceptors (Lipinski definition) is 4. The number of methoxy groups -OCH3 is 1. The van der Waals surface area contributed by atoms with E-state index >= 15 is 0 Å². The second-order valence-corrected chi connectivity index (χ2v) is 9.33. The van der Waals surface area contributed by atoms with E-state index in [1.807, 2.05) is 68.4 Å². The molecule has 0 aliphatic carbocycles. The first kappa shape index (κ1) is 21.3. The molecule has 1 atom stereocenters. The number of hydrogen-bond donors (Lipinski definition) is 1. The fraction of sp³-hybridized carbons (Fsp3) is 0.333. The summed E-state index contributed by atoms with van der Waals surface area (Å²) in [5, 5.41) is 5.25. The number of amides is 2. The lowest BCUT2D eigenvalue weighted by Crippen LogP contribution is -2.41. The average molecular weight is 445 g/mol. The van der Waals surface area contributed by atoms with E-state index in [2.05, 4.69) is 5.32 Å². The highest BCUT2D eigenvalue weighted by Crippen LogP contribution is 2.41. The van der Waals surface area contributed by atoms with Crippen molar-refractivity contribution in [3.8, 4) is 11.5 Å². The summed E-state index contributed by atoms with van der Waals surface area (Å²) >= 11 is 0. The Balaban J connectivity index is 1.24. The first-order valence-electron chi connectivity index (χ1n) is 11.4. The number of benzene rings is 3. The molecular weight excluding hydrogens is 416 g/mol. The van der Waals surface area contributed by atoms with E-state index in [-0.39, 0.29) is 17.9 Å². The van der Waals surface area contributed by atoms with Crippen molar-refractivity contribution >= 4 is 28.3 Å². The molecule has 1 N–H and O–H groups in total. The van der Waals surface area contributed by atoms with Crippen LogP contribution < -0.4 is 19.7 Å². The van der Waals surface area contributed by atoms with Gasteiger partial charge in [-0.1, -0.05) is 24.3 Å². The number of anilines is 1. The lowest BCUT2D eigenvalue weighted by atomic mass is 9.89. The van der Waals surface area contributed by atoms with Gasteiger partial charge in [-0.2, -0.15) is 0 Å². The Labute approximate surface area is 193 Å². The monoisotopic (exact) mass is 444 g/mol. The van der Waals surface area contributed by atoms with Crippen LogP contribution in [0.3, 0.4) is 0 Å². The summed E-state index contributed by atoms with van der Waals surface area (Å²) in [4.78, 5) is 27.6. The summed E-state index contributed by atoms with van der Waals surface area (Å²) in [6, 6.07) is 17.4. The SMILES string of the molecule is COc1ccc2c(c1)OC(C)(C)CC2NC(=O)CCCN1C(=O)c2cccc3cccc1c23. The normalized spacial score (nSPS) is 18.1. The van der Waals surface area contributed by atoms with E-state index in [1.54, 1.807) is 12.0 Å². The van der Waals surface area contributed by atoms with Gasteiger partial charge in [0.25, 0.3) is 5.91 Å². The highest BCUT2D eigenvalue weighted by molar-refractivity contribution is 6.25. The molecule has 0 radical (unpaired) electrons. The van der Waals surface area contributed by atoms with Gasteiger partial charge in [0.05, 0.1) is 18.8 Å². The van der Waals surface area contributed by atoms with Gasteiger partial charge in [-0.3, -0.25) is 9.59 Å². The van der Waals surface area contributed by atoms with Crippen LogP contribution in [0, 0.1) is 0 Å². The molecule has 2 heterocycles. The van der Waals surface area contributed by atoms with Crippen molar-refractivity contribution in [2.75, 3.05) is 18.6 Å². The third-order valence-electron chi connectivity index (χ3n) is 6.45. The number of carbonyl (C=O) groups is 2. The number of ether oxygens (including phenoxy) is 2. The van der Waals surface area contributed by atoms with Crippen LogP contribution in [0.5, 0.6) is 11.5 Å². The van der Waals surface area contributed by atoms with E-state index in [1.165, 1.54) is 0 Å². The molecule has 0 fully saturated rings. The zero-order chi connectivity index (χ0) is 23.2. The van der Waals surface area contributed by atoms with Crippen LogP contribution in [-0.4, -0.2) is 31.1 Å². The Kier molecular flexibility index (Phi) is 5.23. The van der Waals surface area contributed by atoms with Gasteiger partial charge in [0.1, 0.15) is 17.1 Å². The summed E-state index contributed by atoms with van der Waals surface area (Å²) in [6.07, 6.45) is 1.61. The smallest absolute Gasteiger partial charge is 0.258 e. The van der Waals surface area contributed by atoms with Gasteiger partial charge in [0.2, 0.25) is 5.91 Å². The van der Waals surface area contributed by atoms with Crippen molar-refractivity contribution in [1.82, 2.24) is 5.32 Å². The number of carbonyl (C=O) groups excluding carboxylic acids is 2. The quantitative estimate of drug-likeness (QED) is 0.581. The largest absolute Gasteiger partial charge is 0.497 e. The number of nitrogens with one attached hydrogen (secondary N) is 1. The summed E-state index contributed by atoms with van der Waals surface area (Å²) in [5.41, 5.74) is 2.23. The third kappa shape index (κ3) is 3.90. The number of rotatable bonds is 6. The first-order chi connectivity index (χ1) is 15.9. The maximum atomic E-state index is 12.9. The molecule has 2 aliphatic heterocycles. The van der Waals surface area contributed by atoms with Gasteiger partial charge in [0.15, 0.2) is 0 Å². The molecule has 6 heteroatoms. The van der Waals surface area contributed by atoms with E-state index in [0.29, 0.717) is 25.8 Å². The van der Waals surface area contributed by atoms with Crippen LogP contribution >= 0.6 is 0 Å². The average Bonchev–Trinajstić information content (AvgIpc) is 3.06. The van der Waals surface area contributed by atoms with Crippen molar-refractivity contribution < 1.29 is 19.1 Å². The first-order valence-corrected chi connectivity index (χ1v) is 11.4. The maximum absolute atomic E-state index is 12.9.